The normalized spacial score (nSPS) is 12.4. The fraction of sp³-hybridized carbons (Fsp3) is 0.400. The van der Waals surface area contributed by atoms with Gasteiger partial charge in [-0.05, 0) is 18.4 Å². The molecular weight excluding hydrogens is 256 g/mol. The number of aryl methyl sites for hydroxylation is 1. The van der Waals surface area contributed by atoms with E-state index in [1.807, 2.05) is 6.07 Å². The van der Waals surface area contributed by atoms with Crippen molar-refractivity contribution >= 4 is 16.5 Å². The van der Waals surface area contributed by atoms with Gasteiger partial charge in [0.25, 0.3) is 0 Å². The Hall–Kier alpha value is -1.39. The van der Waals surface area contributed by atoms with E-state index in [0.29, 0.717) is 12.5 Å². The topological polar surface area (TPSA) is 34.1 Å². The summed E-state index contributed by atoms with van der Waals surface area (Å²) >= 11 is 1.69. The highest BCUT2D eigenvalue weighted by molar-refractivity contribution is 7.15. The predicted octanol–water partition coefficient (Wildman–Crippen LogP) is 3.81. The SMILES string of the molecule is COCc1nc(NCC(C)c2ccccc2)sc1C. The van der Waals surface area contributed by atoms with Crippen molar-refractivity contribution in [2.75, 3.05) is 19.0 Å². The lowest BCUT2D eigenvalue weighted by Crippen LogP contribution is -2.09. The van der Waals surface area contributed by atoms with Crippen LogP contribution in [0.1, 0.15) is 29.0 Å². The third kappa shape index (κ3) is 3.78. The number of ether oxygens (including phenoxy) is 1. The van der Waals surface area contributed by atoms with Crippen molar-refractivity contribution in [2.45, 2.75) is 26.4 Å². The first kappa shape index (κ1) is 14.0. The monoisotopic (exact) mass is 276 g/mol. The molecule has 0 radical (unpaired) electrons. The van der Waals surface area contributed by atoms with Gasteiger partial charge in [0.2, 0.25) is 0 Å². The van der Waals surface area contributed by atoms with Crippen LogP contribution in [-0.4, -0.2) is 18.6 Å². The molecule has 0 fully saturated rings. The van der Waals surface area contributed by atoms with Gasteiger partial charge in [-0.1, -0.05) is 37.3 Å². The minimum absolute atomic E-state index is 0.469. The largest absolute Gasteiger partial charge is 0.378 e. The third-order valence-corrected chi connectivity index (χ3v) is 4.07. The van der Waals surface area contributed by atoms with Gasteiger partial charge in [0.15, 0.2) is 5.13 Å². The second-order valence-corrected chi connectivity index (χ2v) is 5.85. The Kier molecular flexibility index (Phi) is 4.93. The van der Waals surface area contributed by atoms with E-state index in [-0.39, 0.29) is 0 Å². The number of aromatic nitrogens is 1. The van der Waals surface area contributed by atoms with Crippen LogP contribution in [-0.2, 0) is 11.3 Å². The number of benzene rings is 1. The second-order valence-electron chi connectivity index (χ2n) is 4.65. The van der Waals surface area contributed by atoms with E-state index in [4.69, 9.17) is 4.74 Å². The van der Waals surface area contributed by atoms with E-state index < -0.39 is 0 Å². The zero-order valence-corrected chi connectivity index (χ0v) is 12.5. The summed E-state index contributed by atoms with van der Waals surface area (Å²) in [6.07, 6.45) is 0. The van der Waals surface area contributed by atoms with E-state index in [9.17, 15) is 0 Å². The third-order valence-electron chi connectivity index (χ3n) is 3.10. The highest BCUT2D eigenvalue weighted by atomic mass is 32.1. The van der Waals surface area contributed by atoms with Crippen molar-refractivity contribution in [3.8, 4) is 0 Å². The van der Waals surface area contributed by atoms with Gasteiger partial charge in [-0.2, -0.15) is 0 Å². The summed E-state index contributed by atoms with van der Waals surface area (Å²) in [5.74, 6) is 0.469. The number of methoxy groups -OCH3 is 1. The maximum Gasteiger partial charge on any atom is 0.183 e. The van der Waals surface area contributed by atoms with Crippen LogP contribution >= 0.6 is 11.3 Å². The molecule has 0 saturated carbocycles. The Bertz CT molecular complexity index is 510. The molecule has 1 heterocycles. The van der Waals surface area contributed by atoms with Crippen molar-refractivity contribution in [3.05, 3.63) is 46.5 Å². The first-order valence-electron chi connectivity index (χ1n) is 6.44. The van der Waals surface area contributed by atoms with Gasteiger partial charge in [0, 0.05) is 18.5 Å². The fourth-order valence-electron chi connectivity index (χ4n) is 1.91. The van der Waals surface area contributed by atoms with Crippen LogP contribution in [0.2, 0.25) is 0 Å². The number of hydrogen-bond donors (Lipinski definition) is 1. The zero-order valence-electron chi connectivity index (χ0n) is 11.6. The summed E-state index contributed by atoms with van der Waals surface area (Å²) < 4.78 is 5.13. The number of anilines is 1. The minimum atomic E-state index is 0.469. The van der Waals surface area contributed by atoms with E-state index >= 15 is 0 Å². The van der Waals surface area contributed by atoms with E-state index in [0.717, 1.165) is 17.4 Å². The number of rotatable bonds is 6. The molecule has 1 unspecified atom stereocenters. The molecule has 2 rings (SSSR count). The first-order chi connectivity index (χ1) is 9.20. The van der Waals surface area contributed by atoms with Crippen LogP contribution < -0.4 is 5.32 Å². The summed E-state index contributed by atoms with van der Waals surface area (Å²) in [7, 11) is 1.70. The lowest BCUT2D eigenvalue weighted by atomic mass is 10.0. The van der Waals surface area contributed by atoms with Gasteiger partial charge in [-0.3, -0.25) is 0 Å². The van der Waals surface area contributed by atoms with Gasteiger partial charge in [0.1, 0.15) is 0 Å². The summed E-state index contributed by atoms with van der Waals surface area (Å²) in [6.45, 7) is 5.78. The summed E-state index contributed by atoms with van der Waals surface area (Å²) in [6, 6.07) is 10.5. The maximum atomic E-state index is 5.13. The quantitative estimate of drug-likeness (QED) is 0.871. The van der Waals surface area contributed by atoms with Crippen molar-refractivity contribution < 1.29 is 4.74 Å². The molecule has 1 aromatic carbocycles. The standard InChI is InChI=1S/C15H20N2OS/c1-11(13-7-5-4-6-8-13)9-16-15-17-14(10-18-3)12(2)19-15/h4-8,11H,9-10H2,1-3H3,(H,16,17). The molecule has 1 atom stereocenters. The molecule has 0 amide bonds. The van der Waals surface area contributed by atoms with Crippen LogP contribution in [0.15, 0.2) is 30.3 Å². The summed E-state index contributed by atoms with van der Waals surface area (Å²) in [5, 5.41) is 4.39. The van der Waals surface area contributed by atoms with Gasteiger partial charge in [-0.25, -0.2) is 4.98 Å². The number of thiazole rings is 1. The molecule has 0 saturated heterocycles. The number of nitrogens with zero attached hydrogens (tertiary/aromatic N) is 1. The number of nitrogens with one attached hydrogen (secondary N) is 1. The van der Waals surface area contributed by atoms with Crippen molar-refractivity contribution in [2.24, 2.45) is 0 Å². The van der Waals surface area contributed by atoms with Crippen LogP contribution in [0, 0.1) is 6.92 Å². The molecule has 4 heteroatoms. The molecule has 1 aromatic heterocycles. The van der Waals surface area contributed by atoms with E-state index in [2.05, 4.69) is 48.4 Å². The highest BCUT2D eigenvalue weighted by Gasteiger charge is 2.09. The summed E-state index contributed by atoms with van der Waals surface area (Å²) in [4.78, 5) is 5.77. The van der Waals surface area contributed by atoms with Crippen molar-refractivity contribution in [3.63, 3.8) is 0 Å². The maximum absolute atomic E-state index is 5.13. The molecule has 0 aliphatic heterocycles. The average molecular weight is 276 g/mol. The summed E-state index contributed by atoms with van der Waals surface area (Å²) in [5.41, 5.74) is 2.38. The minimum Gasteiger partial charge on any atom is -0.378 e. The predicted molar refractivity (Wildman–Crippen MR) is 80.9 cm³/mol. The Labute approximate surface area is 118 Å². The molecule has 0 bridgehead atoms. The lowest BCUT2D eigenvalue weighted by molar-refractivity contribution is 0.181. The van der Waals surface area contributed by atoms with Gasteiger partial charge < -0.3 is 10.1 Å². The van der Waals surface area contributed by atoms with Gasteiger partial charge in [-0.15, -0.1) is 11.3 Å². The van der Waals surface area contributed by atoms with Gasteiger partial charge in [0.05, 0.1) is 12.3 Å². The smallest absolute Gasteiger partial charge is 0.183 e. The highest BCUT2D eigenvalue weighted by Crippen LogP contribution is 2.24. The molecule has 19 heavy (non-hydrogen) atoms. The van der Waals surface area contributed by atoms with Crippen LogP contribution in [0.4, 0.5) is 5.13 Å². The fourth-order valence-corrected chi connectivity index (χ4v) is 2.74. The van der Waals surface area contributed by atoms with Crippen molar-refractivity contribution in [1.82, 2.24) is 4.98 Å². The van der Waals surface area contributed by atoms with E-state index in [1.54, 1.807) is 18.4 Å². The van der Waals surface area contributed by atoms with Crippen LogP contribution in [0.5, 0.6) is 0 Å². The van der Waals surface area contributed by atoms with Crippen LogP contribution in [0.3, 0.4) is 0 Å². The molecular formula is C15H20N2OS. The molecule has 2 aromatic rings. The second kappa shape index (κ2) is 6.68. The lowest BCUT2D eigenvalue weighted by Gasteiger charge is -2.12. The zero-order chi connectivity index (χ0) is 13.7. The number of hydrogen-bond acceptors (Lipinski definition) is 4. The van der Waals surface area contributed by atoms with Crippen molar-refractivity contribution in [1.29, 1.82) is 0 Å². The molecule has 1 N–H and O–H groups in total. The Morgan fingerprint density at radius 2 is 2.05 bits per heavy atom. The van der Waals surface area contributed by atoms with Gasteiger partial charge >= 0.3 is 0 Å². The Balaban J connectivity index is 1.93. The molecule has 3 nitrogen and oxygen atoms in total. The molecule has 102 valence electrons. The average Bonchev–Trinajstić information content (AvgIpc) is 2.78. The Morgan fingerprint density at radius 3 is 2.74 bits per heavy atom. The Morgan fingerprint density at radius 1 is 1.32 bits per heavy atom. The van der Waals surface area contributed by atoms with E-state index in [1.165, 1.54) is 10.4 Å². The first-order valence-corrected chi connectivity index (χ1v) is 7.26. The van der Waals surface area contributed by atoms with Crippen LogP contribution in [0.25, 0.3) is 0 Å². The molecule has 0 spiro atoms. The molecule has 0 aliphatic carbocycles. The molecule has 0 aliphatic rings.